The predicted octanol–water partition coefficient (Wildman–Crippen LogP) is 3.38. The zero-order chi connectivity index (χ0) is 13.0. The second-order valence-electron chi connectivity index (χ2n) is 4.81. The number of hydrogen-bond acceptors (Lipinski definition) is 2. The van der Waals surface area contributed by atoms with Crippen LogP contribution in [0.4, 0.5) is 5.69 Å². The van der Waals surface area contributed by atoms with Crippen LogP contribution >= 0.6 is 0 Å². The van der Waals surface area contributed by atoms with Gasteiger partial charge in [0.1, 0.15) is 0 Å². The van der Waals surface area contributed by atoms with Crippen LogP contribution in [0.5, 0.6) is 0 Å². The van der Waals surface area contributed by atoms with Gasteiger partial charge in [-0.2, -0.15) is 0 Å². The number of nitrogens with zero attached hydrogens (tertiary/aromatic N) is 1. The Morgan fingerprint density at radius 1 is 1.41 bits per heavy atom. The van der Waals surface area contributed by atoms with Gasteiger partial charge in [0.05, 0.1) is 11.4 Å². The summed E-state index contributed by atoms with van der Waals surface area (Å²) >= 11 is 0. The number of aromatic nitrogens is 1. The van der Waals surface area contributed by atoms with Crippen molar-refractivity contribution in [1.82, 2.24) is 4.98 Å². The highest BCUT2D eigenvalue weighted by Gasteiger charge is 2.11. The molecule has 94 valence electrons. The van der Waals surface area contributed by atoms with Gasteiger partial charge in [0.25, 0.3) is 0 Å². The second-order valence-corrected chi connectivity index (χ2v) is 4.81. The summed E-state index contributed by atoms with van der Waals surface area (Å²) in [5.74, 6) is 0.505. The molecule has 0 spiro atoms. The van der Waals surface area contributed by atoms with E-state index in [4.69, 9.17) is 0 Å². The molecule has 1 aromatic rings. The minimum atomic E-state index is 0.0798. The first-order valence-electron chi connectivity index (χ1n) is 6.18. The first kappa shape index (κ1) is 13.7. The Hall–Kier alpha value is -1.38. The van der Waals surface area contributed by atoms with Crippen molar-refractivity contribution in [3.05, 3.63) is 23.0 Å². The maximum absolute atomic E-state index is 11.8. The van der Waals surface area contributed by atoms with E-state index in [0.29, 0.717) is 12.3 Å². The Bertz CT molecular complexity index is 390. The van der Waals surface area contributed by atoms with Crippen LogP contribution in [0, 0.1) is 26.7 Å². The smallest absolute Gasteiger partial charge is 0.224 e. The van der Waals surface area contributed by atoms with Crippen LogP contribution in [-0.4, -0.2) is 10.9 Å². The SMILES string of the molecule is CC[C@H](C)CC(=O)Nc1c(C)cc(C)nc1C. The predicted molar refractivity (Wildman–Crippen MR) is 71.1 cm³/mol. The maximum Gasteiger partial charge on any atom is 0.224 e. The van der Waals surface area contributed by atoms with Gasteiger partial charge >= 0.3 is 0 Å². The van der Waals surface area contributed by atoms with Gasteiger partial charge in [-0.3, -0.25) is 9.78 Å². The van der Waals surface area contributed by atoms with Crippen molar-refractivity contribution in [2.24, 2.45) is 5.92 Å². The van der Waals surface area contributed by atoms with E-state index >= 15 is 0 Å². The summed E-state index contributed by atoms with van der Waals surface area (Å²) in [5, 5.41) is 2.97. The average molecular weight is 234 g/mol. The molecule has 1 heterocycles. The quantitative estimate of drug-likeness (QED) is 0.867. The number of aryl methyl sites for hydroxylation is 3. The van der Waals surface area contributed by atoms with Gasteiger partial charge in [0.2, 0.25) is 5.91 Å². The van der Waals surface area contributed by atoms with Crippen molar-refractivity contribution in [3.8, 4) is 0 Å². The molecule has 0 radical (unpaired) electrons. The van der Waals surface area contributed by atoms with Crippen molar-refractivity contribution >= 4 is 11.6 Å². The molecule has 3 heteroatoms. The number of carbonyl (C=O) groups excluding carboxylic acids is 1. The highest BCUT2D eigenvalue weighted by atomic mass is 16.1. The number of carbonyl (C=O) groups is 1. The molecule has 0 unspecified atom stereocenters. The van der Waals surface area contributed by atoms with E-state index in [1.165, 1.54) is 0 Å². The Balaban J connectivity index is 2.78. The van der Waals surface area contributed by atoms with Crippen LogP contribution in [0.3, 0.4) is 0 Å². The van der Waals surface area contributed by atoms with E-state index in [2.05, 4.69) is 24.1 Å². The molecule has 1 rings (SSSR count). The number of nitrogens with one attached hydrogen (secondary N) is 1. The van der Waals surface area contributed by atoms with Crippen LogP contribution in [0.2, 0.25) is 0 Å². The van der Waals surface area contributed by atoms with Crippen LogP contribution in [-0.2, 0) is 4.79 Å². The first-order chi connectivity index (χ1) is 7.93. The maximum atomic E-state index is 11.8. The zero-order valence-electron chi connectivity index (χ0n) is 11.4. The Morgan fingerprint density at radius 2 is 2.06 bits per heavy atom. The number of hydrogen-bond donors (Lipinski definition) is 1. The molecule has 0 aliphatic carbocycles. The van der Waals surface area contributed by atoms with Gasteiger partial charge in [-0.05, 0) is 38.3 Å². The van der Waals surface area contributed by atoms with Gasteiger partial charge in [-0.25, -0.2) is 0 Å². The first-order valence-corrected chi connectivity index (χ1v) is 6.18. The topological polar surface area (TPSA) is 42.0 Å². The fourth-order valence-electron chi connectivity index (χ4n) is 1.86. The summed E-state index contributed by atoms with van der Waals surface area (Å²) in [4.78, 5) is 16.2. The Kier molecular flexibility index (Phi) is 4.67. The molecule has 1 N–H and O–H groups in total. The summed E-state index contributed by atoms with van der Waals surface area (Å²) in [5.41, 5.74) is 3.82. The highest BCUT2D eigenvalue weighted by molar-refractivity contribution is 5.92. The Morgan fingerprint density at radius 3 is 2.59 bits per heavy atom. The highest BCUT2D eigenvalue weighted by Crippen LogP contribution is 2.20. The standard InChI is InChI=1S/C14H22N2O/c1-6-9(2)7-13(17)16-14-10(3)8-11(4)15-12(14)5/h8-9H,6-7H2,1-5H3,(H,16,17)/t9-/m0/s1. The summed E-state index contributed by atoms with van der Waals surface area (Å²) in [6.07, 6.45) is 1.60. The minimum Gasteiger partial charge on any atom is -0.324 e. The van der Waals surface area contributed by atoms with Gasteiger partial charge in [0.15, 0.2) is 0 Å². The van der Waals surface area contributed by atoms with E-state index in [1.54, 1.807) is 0 Å². The van der Waals surface area contributed by atoms with Gasteiger partial charge in [-0.1, -0.05) is 20.3 Å². The average Bonchev–Trinajstić information content (AvgIpc) is 2.23. The van der Waals surface area contributed by atoms with Crippen molar-refractivity contribution < 1.29 is 4.79 Å². The van der Waals surface area contributed by atoms with Crippen molar-refractivity contribution in [3.63, 3.8) is 0 Å². The molecule has 0 aliphatic heterocycles. The third kappa shape index (κ3) is 3.84. The summed E-state index contributed by atoms with van der Waals surface area (Å²) < 4.78 is 0. The van der Waals surface area contributed by atoms with Crippen LogP contribution < -0.4 is 5.32 Å². The van der Waals surface area contributed by atoms with Gasteiger partial charge in [0, 0.05) is 12.1 Å². The lowest BCUT2D eigenvalue weighted by Crippen LogP contribution is -2.16. The number of anilines is 1. The van der Waals surface area contributed by atoms with Crippen molar-refractivity contribution in [1.29, 1.82) is 0 Å². The molecular formula is C14H22N2O. The minimum absolute atomic E-state index is 0.0798. The number of amides is 1. The lowest BCUT2D eigenvalue weighted by atomic mass is 10.0. The van der Waals surface area contributed by atoms with Gasteiger partial charge < -0.3 is 5.32 Å². The molecule has 1 aromatic heterocycles. The third-order valence-corrected chi connectivity index (χ3v) is 3.02. The number of pyridine rings is 1. The molecule has 1 amide bonds. The van der Waals surface area contributed by atoms with Crippen molar-refractivity contribution in [2.45, 2.75) is 47.5 Å². The monoisotopic (exact) mass is 234 g/mol. The molecule has 0 saturated heterocycles. The fourth-order valence-corrected chi connectivity index (χ4v) is 1.86. The number of rotatable bonds is 4. The molecule has 0 aromatic carbocycles. The lowest BCUT2D eigenvalue weighted by molar-refractivity contribution is -0.117. The molecule has 0 saturated carbocycles. The molecule has 0 bridgehead atoms. The van der Waals surface area contributed by atoms with Crippen LogP contribution in [0.25, 0.3) is 0 Å². The van der Waals surface area contributed by atoms with Gasteiger partial charge in [-0.15, -0.1) is 0 Å². The molecule has 1 atom stereocenters. The lowest BCUT2D eigenvalue weighted by Gasteiger charge is -2.13. The Labute approximate surface area is 104 Å². The largest absolute Gasteiger partial charge is 0.324 e. The van der Waals surface area contributed by atoms with E-state index in [9.17, 15) is 4.79 Å². The zero-order valence-corrected chi connectivity index (χ0v) is 11.4. The van der Waals surface area contributed by atoms with E-state index in [1.807, 2.05) is 26.8 Å². The van der Waals surface area contributed by atoms with Crippen LogP contribution in [0.15, 0.2) is 6.07 Å². The third-order valence-electron chi connectivity index (χ3n) is 3.02. The molecular weight excluding hydrogens is 212 g/mol. The van der Waals surface area contributed by atoms with E-state index in [-0.39, 0.29) is 5.91 Å². The molecule has 0 fully saturated rings. The molecule has 0 aliphatic rings. The molecule has 17 heavy (non-hydrogen) atoms. The van der Waals surface area contributed by atoms with E-state index in [0.717, 1.165) is 29.1 Å². The molecule has 3 nitrogen and oxygen atoms in total. The van der Waals surface area contributed by atoms with Crippen LogP contribution in [0.1, 0.15) is 43.6 Å². The summed E-state index contributed by atoms with van der Waals surface area (Å²) in [7, 11) is 0. The summed E-state index contributed by atoms with van der Waals surface area (Å²) in [6.45, 7) is 10.1. The normalized spacial score (nSPS) is 12.3. The fraction of sp³-hybridized carbons (Fsp3) is 0.571. The van der Waals surface area contributed by atoms with Crippen molar-refractivity contribution in [2.75, 3.05) is 5.32 Å². The second kappa shape index (κ2) is 5.80. The summed E-state index contributed by atoms with van der Waals surface area (Å²) in [6, 6.07) is 1.99. The van der Waals surface area contributed by atoms with E-state index < -0.39 is 0 Å².